The summed E-state index contributed by atoms with van der Waals surface area (Å²) in [5.74, 6) is 0. The van der Waals surface area contributed by atoms with E-state index in [0.29, 0.717) is 0 Å². The van der Waals surface area contributed by atoms with E-state index in [1.165, 1.54) is 0 Å². The first-order chi connectivity index (χ1) is 8.24. The fourth-order valence-corrected chi connectivity index (χ4v) is 1.87. The minimum absolute atomic E-state index is 0.0205. The maximum absolute atomic E-state index is 11.9. The highest BCUT2D eigenvalue weighted by atomic mass is 16.1. The lowest BCUT2D eigenvalue weighted by molar-refractivity contribution is 0.984. The van der Waals surface area contributed by atoms with Crippen molar-refractivity contribution in [3.05, 3.63) is 58.6 Å². The lowest BCUT2D eigenvalue weighted by Gasteiger charge is -2.05. The van der Waals surface area contributed by atoms with E-state index in [1.54, 1.807) is 23.0 Å². The first-order valence-corrected chi connectivity index (χ1v) is 5.37. The van der Waals surface area contributed by atoms with Crippen LogP contribution in [0.1, 0.15) is 5.56 Å². The third-order valence-electron chi connectivity index (χ3n) is 2.78. The van der Waals surface area contributed by atoms with Gasteiger partial charge in [0, 0.05) is 23.3 Å². The summed E-state index contributed by atoms with van der Waals surface area (Å²) in [7, 11) is 0. The first-order valence-electron chi connectivity index (χ1n) is 5.37. The van der Waals surface area contributed by atoms with Crippen LogP contribution in [-0.2, 0) is 0 Å². The topological polar surface area (TPSA) is 50.7 Å². The lowest BCUT2D eigenvalue weighted by Crippen LogP contribution is -2.16. The molecular weight excluding hydrogens is 214 g/mol. The van der Waals surface area contributed by atoms with Crippen LogP contribution in [0.2, 0.25) is 0 Å². The zero-order valence-corrected chi connectivity index (χ0v) is 9.34. The van der Waals surface area contributed by atoms with E-state index in [4.69, 9.17) is 0 Å². The predicted octanol–water partition coefficient (Wildman–Crippen LogP) is 2.02. The van der Waals surface area contributed by atoms with Crippen molar-refractivity contribution in [1.29, 1.82) is 0 Å². The molecule has 1 N–H and O–H groups in total. The summed E-state index contributed by atoms with van der Waals surface area (Å²) in [6.07, 6.45) is 3.54. The van der Waals surface area contributed by atoms with Crippen molar-refractivity contribution in [3.8, 4) is 5.69 Å². The molecule has 0 bridgehead atoms. The van der Waals surface area contributed by atoms with Crippen LogP contribution >= 0.6 is 0 Å². The molecule has 0 atom stereocenters. The third kappa shape index (κ3) is 1.63. The molecule has 0 aliphatic carbocycles. The smallest absolute Gasteiger partial charge is 0.255 e. The van der Waals surface area contributed by atoms with Gasteiger partial charge < -0.3 is 0 Å². The van der Waals surface area contributed by atoms with Gasteiger partial charge in [-0.2, -0.15) is 5.10 Å². The molecule has 3 rings (SSSR count). The monoisotopic (exact) mass is 225 g/mol. The number of hydrogen-bond acceptors (Lipinski definition) is 2. The number of benzene rings is 1. The summed E-state index contributed by atoms with van der Waals surface area (Å²) in [6, 6.07) is 9.30. The zero-order valence-electron chi connectivity index (χ0n) is 9.34. The third-order valence-corrected chi connectivity index (χ3v) is 2.78. The largest absolute Gasteiger partial charge is 0.284 e. The highest BCUT2D eigenvalue weighted by Crippen LogP contribution is 2.15. The van der Waals surface area contributed by atoms with E-state index in [2.05, 4.69) is 10.2 Å². The van der Waals surface area contributed by atoms with Crippen molar-refractivity contribution in [2.75, 3.05) is 0 Å². The molecule has 0 unspecified atom stereocenters. The molecule has 0 radical (unpaired) electrons. The minimum atomic E-state index is -0.0205. The molecule has 4 nitrogen and oxygen atoms in total. The van der Waals surface area contributed by atoms with Crippen LogP contribution in [0.4, 0.5) is 0 Å². The van der Waals surface area contributed by atoms with Crippen LogP contribution in [0.25, 0.3) is 16.6 Å². The quantitative estimate of drug-likeness (QED) is 0.688. The molecule has 0 fully saturated rings. The number of rotatable bonds is 1. The molecule has 2 heterocycles. The molecule has 84 valence electrons. The van der Waals surface area contributed by atoms with E-state index < -0.39 is 0 Å². The average Bonchev–Trinajstić information content (AvgIpc) is 2.75. The number of nitrogens with one attached hydrogen (secondary N) is 1. The Bertz CT molecular complexity index is 740. The van der Waals surface area contributed by atoms with E-state index in [-0.39, 0.29) is 5.56 Å². The Morgan fingerprint density at radius 1 is 1.24 bits per heavy atom. The van der Waals surface area contributed by atoms with Gasteiger partial charge in [-0.25, -0.2) is 0 Å². The number of hydrogen-bond donors (Lipinski definition) is 1. The van der Waals surface area contributed by atoms with Gasteiger partial charge in [0.15, 0.2) is 0 Å². The summed E-state index contributed by atoms with van der Waals surface area (Å²) in [5.41, 5.74) is 2.77. The van der Waals surface area contributed by atoms with Crippen LogP contribution in [0.5, 0.6) is 0 Å². The molecule has 0 saturated heterocycles. The Morgan fingerprint density at radius 3 is 2.94 bits per heavy atom. The highest BCUT2D eigenvalue weighted by Gasteiger charge is 2.02. The number of nitrogens with zero attached hydrogens (tertiary/aromatic N) is 2. The Kier molecular flexibility index (Phi) is 2.08. The fraction of sp³-hybridized carbons (Fsp3) is 0.0769. The van der Waals surface area contributed by atoms with Crippen LogP contribution in [-0.4, -0.2) is 14.8 Å². The average molecular weight is 225 g/mol. The summed E-state index contributed by atoms with van der Waals surface area (Å²) in [4.78, 5) is 11.9. The van der Waals surface area contributed by atoms with Crippen molar-refractivity contribution in [2.45, 2.75) is 6.92 Å². The molecule has 0 spiro atoms. The molecule has 0 aliphatic rings. The molecule has 4 heteroatoms. The van der Waals surface area contributed by atoms with Crippen LogP contribution < -0.4 is 5.56 Å². The zero-order chi connectivity index (χ0) is 11.8. The van der Waals surface area contributed by atoms with Crippen molar-refractivity contribution >= 4 is 10.9 Å². The van der Waals surface area contributed by atoms with Crippen molar-refractivity contribution in [3.63, 3.8) is 0 Å². The van der Waals surface area contributed by atoms with E-state index in [1.807, 2.05) is 31.2 Å². The van der Waals surface area contributed by atoms with Gasteiger partial charge in [0.1, 0.15) is 0 Å². The summed E-state index contributed by atoms with van der Waals surface area (Å²) in [6.45, 7) is 1.91. The molecule has 0 aliphatic heterocycles. The number of aromatic amines is 1. The highest BCUT2D eigenvalue weighted by molar-refractivity contribution is 5.80. The molecule has 3 aromatic rings. The summed E-state index contributed by atoms with van der Waals surface area (Å²) < 4.78 is 1.62. The Balaban J connectivity index is 2.23. The van der Waals surface area contributed by atoms with Gasteiger partial charge in [-0.05, 0) is 36.8 Å². The normalized spacial score (nSPS) is 10.9. The number of aromatic nitrogens is 3. The number of fused-ring (bicyclic) bond motifs is 1. The van der Waals surface area contributed by atoms with E-state index in [9.17, 15) is 4.79 Å². The minimum Gasteiger partial charge on any atom is -0.284 e. The summed E-state index contributed by atoms with van der Waals surface area (Å²) in [5, 5.41) is 7.84. The van der Waals surface area contributed by atoms with E-state index >= 15 is 0 Å². The van der Waals surface area contributed by atoms with Gasteiger partial charge in [-0.1, -0.05) is 0 Å². The maximum Gasteiger partial charge on any atom is 0.255 e. The molecule has 17 heavy (non-hydrogen) atoms. The Morgan fingerprint density at radius 2 is 2.12 bits per heavy atom. The molecular formula is C13H11N3O. The van der Waals surface area contributed by atoms with Gasteiger partial charge in [0.25, 0.3) is 5.56 Å². The molecule has 2 aromatic heterocycles. The number of H-pyrrole nitrogens is 1. The standard InChI is InChI=1S/C13H11N3O/c1-9-4-5-16(13(17)6-9)11-2-3-12-10(7-11)8-14-15-12/h2-8H,1H3,(H,14,15). The van der Waals surface area contributed by atoms with Crippen LogP contribution in [0, 0.1) is 6.92 Å². The second kappa shape index (κ2) is 3.59. The van der Waals surface area contributed by atoms with Gasteiger partial charge in [0.2, 0.25) is 0 Å². The molecule has 0 saturated carbocycles. The fourth-order valence-electron chi connectivity index (χ4n) is 1.87. The van der Waals surface area contributed by atoms with Crippen LogP contribution in [0.15, 0.2) is 47.5 Å². The van der Waals surface area contributed by atoms with Crippen molar-refractivity contribution in [2.24, 2.45) is 0 Å². The van der Waals surface area contributed by atoms with Gasteiger partial charge in [0.05, 0.1) is 11.7 Å². The lowest BCUT2D eigenvalue weighted by atomic mass is 10.2. The Hall–Kier alpha value is -2.36. The second-order valence-electron chi connectivity index (χ2n) is 4.05. The van der Waals surface area contributed by atoms with Crippen molar-refractivity contribution < 1.29 is 0 Å². The van der Waals surface area contributed by atoms with Crippen molar-refractivity contribution in [1.82, 2.24) is 14.8 Å². The Labute approximate surface area is 97.5 Å². The van der Waals surface area contributed by atoms with Gasteiger partial charge in [-0.3, -0.25) is 14.5 Å². The van der Waals surface area contributed by atoms with E-state index in [0.717, 1.165) is 22.2 Å². The SMILES string of the molecule is Cc1ccn(-c2ccc3[nH]ncc3c2)c(=O)c1. The maximum atomic E-state index is 11.9. The van der Waals surface area contributed by atoms with Gasteiger partial charge in [-0.15, -0.1) is 0 Å². The first kappa shape index (κ1) is 9.84. The second-order valence-corrected chi connectivity index (χ2v) is 4.05. The van der Waals surface area contributed by atoms with Crippen LogP contribution in [0.3, 0.4) is 0 Å². The molecule has 1 aromatic carbocycles. The summed E-state index contributed by atoms with van der Waals surface area (Å²) >= 11 is 0. The number of pyridine rings is 1. The van der Waals surface area contributed by atoms with Gasteiger partial charge >= 0.3 is 0 Å². The number of aryl methyl sites for hydroxylation is 1. The predicted molar refractivity (Wildman–Crippen MR) is 66.4 cm³/mol. The molecule has 0 amide bonds.